The van der Waals surface area contributed by atoms with E-state index in [1.54, 1.807) is 0 Å². The first-order chi connectivity index (χ1) is 6.07. The molecule has 5 heteroatoms. The van der Waals surface area contributed by atoms with Crippen molar-refractivity contribution in [3.8, 4) is 0 Å². The second kappa shape index (κ2) is 4.57. The number of hydrogen-bond donors (Lipinski definition) is 1. The highest BCUT2D eigenvalue weighted by Gasteiger charge is 2.09. The van der Waals surface area contributed by atoms with E-state index in [1.807, 2.05) is 13.0 Å². The molecule has 1 rings (SSSR count). The molecule has 0 fully saturated rings. The van der Waals surface area contributed by atoms with Gasteiger partial charge >= 0.3 is 0 Å². The van der Waals surface area contributed by atoms with E-state index in [-0.39, 0.29) is 0 Å². The van der Waals surface area contributed by atoms with Gasteiger partial charge in [0.15, 0.2) is 0 Å². The molecule has 0 heterocycles. The minimum Gasteiger partial charge on any atom is -0.327 e. The summed E-state index contributed by atoms with van der Waals surface area (Å²) >= 11 is 10.2. The summed E-state index contributed by atoms with van der Waals surface area (Å²) in [6.07, 6.45) is 0.651. The number of anilines is 1. The summed E-state index contributed by atoms with van der Waals surface area (Å²) in [7, 11) is 0. The maximum absolute atomic E-state index is 10.3. The maximum atomic E-state index is 10.3. The van der Waals surface area contributed by atoms with Crippen molar-refractivity contribution in [1.29, 1.82) is 0 Å². The van der Waals surface area contributed by atoms with Gasteiger partial charge in [0.1, 0.15) is 0 Å². The normalized spacial score (nSPS) is 9.85. The number of hydrogen-bond acceptors (Lipinski definition) is 1. The summed E-state index contributed by atoms with van der Waals surface area (Å²) in [6.45, 7) is 1.95. The average molecular weight is 372 g/mol. The molecule has 2 nitrogen and oxygen atoms in total. The topological polar surface area (TPSA) is 29.1 Å². The molecule has 1 aromatic rings. The zero-order valence-corrected chi connectivity index (χ0v) is 11.5. The van der Waals surface area contributed by atoms with E-state index in [0.717, 1.165) is 24.7 Å². The molecule has 0 aliphatic carbocycles. The molecule has 70 valence electrons. The minimum absolute atomic E-state index is 0.651. The molecular formula is C8H6Br3NO. The molecule has 0 radical (unpaired) electrons. The van der Waals surface area contributed by atoms with Crippen molar-refractivity contribution in [3.63, 3.8) is 0 Å². The Morgan fingerprint density at radius 1 is 1.31 bits per heavy atom. The van der Waals surface area contributed by atoms with Crippen LogP contribution in [0.3, 0.4) is 0 Å². The predicted octanol–water partition coefficient (Wildman–Crippen LogP) is 3.85. The predicted molar refractivity (Wildman–Crippen MR) is 64.0 cm³/mol. The van der Waals surface area contributed by atoms with Crippen LogP contribution in [0.25, 0.3) is 0 Å². The molecule has 0 atom stereocenters. The van der Waals surface area contributed by atoms with E-state index in [9.17, 15) is 4.79 Å². The van der Waals surface area contributed by atoms with E-state index in [0.29, 0.717) is 6.41 Å². The van der Waals surface area contributed by atoms with Crippen molar-refractivity contribution in [1.82, 2.24) is 0 Å². The standard InChI is InChI=1S/C8H6Br3NO/c1-4-5(9)2-6(10)8(7(4)11)12-3-13/h2-3H,1H3,(H,12,13). The van der Waals surface area contributed by atoms with Crippen molar-refractivity contribution in [2.24, 2.45) is 0 Å². The summed E-state index contributed by atoms with van der Waals surface area (Å²) < 4.78 is 2.70. The van der Waals surface area contributed by atoms with Gasteiger partial charge in [-0.1, -0.05) is 15.9 Å². The molecule has 0 bridgehead atoms. The first kappa shape index (κ1) is 11.2. The maximum Gasteiger partial charge on any atom is 0.211 e. The Morgan fingerprint density at radius 3 is 2.46 bits per heavy atom. The molecule has 0 spiro atoms. The Morgan fingerprint density at radius 2 is 1.92 bits per heavy atom. The fraction of sp³-hybridized carbons (Fsp3) is 0.125. The summed E-state index contributed by atoms with van der Waals surface area (Å²) in [5.41, 5.74) is 1.79. The third-order valence-electron chi connectivity index (χ3n) is 1.60. The number of amides is 1. The number of nitrogens with one attached hydrogen (secondary N) is 1. The van der Waals surface area contributed by atoms with E-state index in [4.69, 9.17) is 0 Å². The molecule has 0 aliphatic heterocycles. The smallest absolute Gasteiger partial charge is 0.211 e. The van der Waals surface area contributed by atoms with Crippen LogP contribution in [0.5, 0.6) is 0 Å². The second-order valence-corrected chi connectivity index (χ2v) is 4.92. The monoisotopic (exact) mass is 369 g/mol. The molecule has 0 unspecified atom stereocenters. The van der Waals surface area contributed by atoms with Gasteiger partial charge in [0.2, 0.25) is 6.41 Å². The van der Waals surface area contributed by atoms with Crippen molar-refractivity contribution in [2.75, 3.05) is 5.32 Å². The average Bonchev–Trinajstić information content (AvgIpc) is 2.09. The van der Waals surface area contributed by atoms with Crippen molar-refractivity contribution >= 4 is 59.9 Å². The Bertz CT molecular complexity index is 352. The lowest BCUT2D eigenvalue weighted by atomic mass is 10.2. The van der Waals surface area contributed by atoms with Gasteiger partial charge in [-0.05, 0) is 50.4 Å². The molecule has 0 saturated carbocycles. The molecule has 1 aromatic carbocycles. The zero-order chi connectivity index (χ0) is 10.0. The lowest BCUT2D eigenvalue weighted by molar-refractivity contribution is -0.105. The van der Waals surface area contributed by atoms with Gasteiger partial charge in [-0.3, -0.25) is 4.79 Å². The van der Waals surface area contributed by atoms with Gasteiger partial charge < -0.3 is 5.32 Å². The van der Waals surface area contributed by atoms with Crippen LogP contribution in [-0.4, -0.2) is 6.41 Å². The number of halogens is 3. The Hall–Kier alpha value is 0.130. The van der Waals surface area contributed by atoms with Crippen LogP contribution in [0.4, 0.5) is 5.69 Å². The van der Waals surface area contributed by atoms with Crippen LogP contribution in [0.1, 0.15) is 5.56 Å². The second-order valence-electron chi connectivity index (χ2n) is 2.42. The minimum atomic E-state index is 0.651. The van der Waals surface area contributed by atoms with Crippen molar-refractivity contribution < 1.29 is 4.79 Å². The van der Waals surface area contributed by atoms with E-state index >= 15 is 0 Å². The number of carbonyl (C=O) groups excluding carboxylic acids is 1. The van der Waals surface area contributed by atoms with E-state index in [1.165, 1.54) is 0 Å². The molecule has 13 heavy (non-hydrogen) atoms. The Labute approximate surface area is 101 Å². The van der Waals surface area contributed by atoms with E-state index < -0.39 is 0 Å². The first-order valence-corrected chi connectivity index (χ1v) is 5.80. The quantitative estimate of drug-likeness (QED) is 0.786. The molecule has 1 N–H and O–H groups in total. The molecule has 1 amide bonds. The third kappa shape index (κ3) is 2.33. The Balaban J connectivity index is 3.34. The van der Waals surface area contributed by atoms with Gasteiger partial charge in [-0.25, -0.2) is 0 Å². The summed E-state index contributed by atoms with van der Waals surface area (Å²) in [4.78, 5) is 10.3. The van der Waals surface area contributed by atoms with Crippen LogP contribution in [0.15, 0.2) is 19.5 Å². The fourth-order valence-corrected chi connectivity index (χ4v) is 3.23. The van der Waals surface area contributed by atoms with Crippen LogP contribution in [0, 0.1) is 6.92 Å². The summed E-state index contributed by atoms with van der Waals surface area (Å²) in [6, 6.07) is 1.89. The van der Waals surface area contributed by atoms with Gasteiger partial charge in [0, 0.05) is 13.4 Å². The van der Waals surface area contributed by atoms with Gasteiger partial charge in [0.25, 0.3) is 0 Å². The third-order valence-corrected chi connectivity index (χ3v) is 4.04. The molecule has 0 saturated heterocycles. The number of rotatable bonds is 2. The fourth-order valence-electron chi connectivity index (χ4n) is 0.880. The number of benzene rings is 1. The van der Waals surface area contributed by atoms with Crippen LogP contribution in [-0.2, 0) is 4.79 Å². The zero-order valence-electron chi connectivity index (χ0n) is 6.70. The Kier molecular flexibility index (Phi) is 3.94. The van der Waals surface area contributed by atoms with Crippen LogP contribution < -0.4 is 5.32 Å². The molecule has 0 aromatic heterocycles. The first-order valence-electron chi connectivity index (χ1n) is 3.42. The lowest BCUT2D eigenvalue weighted by Gasteiger charge is -2.09. The lowest BCUT2D eigenvalue weighted by Crippen LogP contribution is -1.97. The van der Waals surface area contributed by atoms with Crippen LogP contribution in [0.2, 0.25) is 0 Å². The van der Waals surface area contributed by atoms with Crippen molar-refractivity contribution in [3.05, 3.63) is 25.0 Å². The highest BCUT2D eigenvalue weighted by molar-refractivity contribution is 9.11. The van der Waals surface area contributed by atoms with Gasteiger partial charge in [-0.15, -0.1) is 0 Å². The number of carbonyl (C=O) groups is 1. The SMILES string of the molecule is Cc1c(Br)cc(Br)c(NC=O)c1Br. The largest absolute Gasteiger partial charge is 0.327 e. The highest BCUT2D eigenvalue weighted by atomic mass is 79.9. The molecular weight excluding hydrogens is 366 g/mol. The summed E-state index contributed by atoms with van der Waals surface area (Å²) in [5.74, 6) is 0. The van der Waals surface area contributed by atoms with Crippen LogP contribution >= 0.6 is 47.8 Å². The van der Waals surface area contributed by atoms with E-state index in [2.05, 4.69) is 53.1 Å². The summed E-state index contributed by atoms with van der Waals surface area (Å²) in [5, 5.41) is 2.62. The van der Waals surface area contributed by atoms with Gasteiger partial charge in [-0.2, -0.15) is 0 Å². The van der Waals surface area contributed by atoms with Gasteiger partial charge in [0.05, 0.1) is 5.69 Å². The molecule has 0 aliphatic rings. The van der Waals surface area contributed by atoms with Crippen molar-refractivity contribution in [2.45, 2.75) is 6.92 Å². The highest BCUT2D eigenvalue weighted by Crippen LogP contribution is 2.37.